The molecule has 3 unspecified atom stereocenters. The van der Waals surface area contributed by atoms with E-state index < -0.39 is 5.97 Å². The van der Waals surface area contributed by atoms with Crippen LogP contribution in [-0.4, -0.2) is 34.0 Å². The van der Waals surface area contributed by atoms with Crippen LogP contribution in [-0.2, 0) is 9.59 Å². The topological polar surface area (TPSA) is 57.6 Å². The van der Waals surface area contributed by atoms with Crippen LogP contribution in [0.4, 0.5) is 0 Å². The van der Waals surface area contributed by atoms with E-state index >= 15 is 0 Å². The number of fused-ring (bicyclic) bond motifs is 2. The molecular weight excluding hydrogens is 266 g/mol. The summed E-state index contributed by atoms with van der Waals surface area (Å²) in [5.41, 5.74) is 2.16. The molecule has 2 saturated heterocycles. The fourth-order valence-electron chi connectivity index (χ4n) is 3.53. The molecule has 2 fully saturated rings. The SMILES string of the molecule is Cc1ccc(C=CC(=O)N2C3CCC2C(C(=O)O)C3)cc1. The lowest BCUT2D eigenvalue weighted by molar-refractivity contribution is -0.143. The zero-order valence-electron chi connectivity index (χ0n) is 12.0. The first-order chi connectivity index (χ1) is 10.1. The van der Waals surface area contributed by atoms with Crippen LogP contribution in [0.25, 0.3) is 6.08 Å². The van der Waals surface area contributed by atoms with Crippen LogP contribution < -0.4 is 0 Å². The normalized spacial score (nSPS) is 27.5. The Hall–Kier alpha value is -2.10. The standard InChI is InChI=1S/C17H19NO3/c1-11-2-4-12(5-3-11)6-9-16(19)18-13-7-8-15(18)14(10-13)17(20)21/h2-6,9,13-15H,7-8,10H2,1H3,(H,20,21). The van der Waals surface area contributed by atoms with Crippen LogP contribution in [0.5, 0.6) is 0 Å². The first-order valence-electron chi connectivity index (χ1n) is 7.36. The predicted octanol–water partition coefficient (Wildman–Crippen LogP) is 2.47. The number of hydrogen-bond donors (Lipinski definition) is 1. The number of carbonyl (C=O) groups excluding carboxylic acids is 1. The molecule has 2 heterocycles. The van der Waals surface area contributed by atoms with E-state index in [4.69, 9.17) is 0 Å². The number of carboxylic acid groups (broad SMARTS) is 1. The van der Waals surface area contributed by atoms with Crippen molar-refractivity contribution in [3.8, 4) is 0 Å². The van der Waals surface area contributed by atoms with Gasteiger partial charge in [0.05, 0.1) is 5.92 Å². The molecule has 0 radical (unpaired) electrons. The average Bonchev–Trinajstić information content (AvgIpc) is 3.04. The van der Waals surface area contributed by atoms with E-state index in [1.165, 1.54) is 5.56 Å². The van der Waals surface area contributed by atoms with E-state index in [1.54, 1.807) is 17.1 Å². The Morgan fingerprint density at radius 1 is 1.24 bits per heavy atom. The van der Waals surface area contributed by atoms with Crippen LogP contribution in [0.1, 0.15) is 30.4 Å². The van der Waals surface area contributed by atoms with Crippen LogP contribution in [0.2, 0.25) is 0 Å². The van der Waals surface area contributed by atoms with Crippen molar-refractivity contribution in [2.75, 3.05) is 0 Å². The number of aliphatic carboxylic acids is 1. The molecule has 1 N–H and O–H groups in total. The van der Waals surface area contributed by atoms with Crippen molar-refractivity contribution in [3.05, 3.63) is 41.5 Å². The second-order valence-electron chi connectivity index (χ2n) is 5.97. The van der Waals surface area contributed by atoms with Crippen molar-refractivity contribution in [3.63, 3.8) is 0 Å². The summed E-state index contributed by atoms with van der Waals surface area (Å²) >= 11 is 0. The van der Waals surface area contributed by atoms with E-state index in [2.05, 4.69) is 0 Å². The van der Waals surface area contributed by atoms with Crippen molar-refractivity contribution in [1.29, 1.82) is 0 Å². The van der Waals surface area contributed by atoms with Crippen LogP contribution >= 0.6 is 0 Å². The second kappa shape index (κ2) is 5.35. The zero-order chi connectivity index (χ0) is 15.0. The maximum atomic E-state index is 12.4. The molecule has 2 bridgehead atoms. The molecule has 0 spiro atoms. The molecule has 1 aromatic carbocycles. The molecule has 21 heavy (non-hydrogen) atoms. The third-order valence-corrected chi connectivity index (χ3v) is 4.60. The Morgan fingerprint density at radius 3 is 2.57 bits per heavy atom. The largest absolute Gasteiger partial charge is 0.481 e. The van der Waals surface area contributed by atoms with Crippen molar-refractivity contribution in [1.82, 2.24) is 4.90 Å². The number of amides is 1. The fraction of sp³-hybridized carbons (Fsp3) is 0.412. The molecule has 4 heteroatoms. The monoisotopic (exact) mass is 285 g/mol. The number of nitrogens with zero attached hydrogens (tertiary/aromatic N) is 1. The Labute approximate surface area is 124 Å². The number of hydrogen-bond acceptors (Lipinski definition) is 2. The lowest BCUT2D eigenvalue weighted by atomic mass is 9.89. The molecule has 4 nitrogen and oxygen atoms in total. The number of aryl methyl sites for hydroxylation is 1. The van der Waals surface area contributed by atoms with Crippen molar-refractivity contribution in [2.24, 2.45) is 5.92 Å². The highest BCUT2D eigenvalue weighted by atomic mass is 16.4. The molecule has 2 aliphatic heterocycles. The molecule has 110 valence electrons. The van der Waals surface area contributed by atoms with Crippen molar-refractivity contribution >= 4 is 18.0 Å². The first kappa shape index (κ1) is 13.9. The molecule has 0 aromatic heterocycles. The van der Waals surface area contributed by atoms with E-state index in [9.17, 15) is 14.7 Å². The predicted molar refractivity (Wildman–Crippen MR) is 79.6 cm³/mol. The highest BCUT2D eigenvalue weighted by Crippen LogP contribution is 2.41. The van der Waals surface area contributed by atoms with Gasteiger partial charge in [-0.15, -0.1) is 0 Å². The number of carboxylic acids is 1. The van der Waals surface area contributed by atoms with Crippen LogP contribution in [0.15, 0.2) is 30.3 Å². The number of carbonyl (C=O) groups is 2. The van der Waals surface area contributed by atoms with Gasteiger partial charge in [-0.3, -0.25) is 9.59 Å². The maximum absolute atomic E-state index is 12.4. The van der Waals surface area contributed by atoms with Gasteiger partial charge in [-0.25, -0.2) is 0 Å². The Bertz CT molecular complexity index is 591. The third-order valence-electron chi connectivity index (χ3n) is 4.60. The molecule has 2 aliphatic rings. The van der Waals surface area contributed by atoms with Gasteiger partial charge in [-0.2, -0.15) is 0 Å². The lowest BCUT2D eigenvalue weighted by Crippen LogP contribution is -2.36. The molecule has 3 rings (SSSR count). The van der Waals surface area contributed by atoms with Crippen LogP contribution in [0.3, 0.4) is 0 Å². The summed E-state index contributed by atoms with van der Waals surface area (Å²) in [5, 5.41) is 9.21. The zero-order valence-corrected chi connectivity index (χ0v) is 12.0. The van der Waals surface area contributed by atoms with E-state index in [0.717, 1.165) is 18.4 Å². The average molecular weight is 285 g/mol. The summed E-state index contributed by atoms with van der Waals surface area (Å²) in [7, 11) is 0. The summed E-state index contributed by atoms with van der Waals surface area (Å²) in [4.78, 5) is 25.4. The van der Waals surface area contributed by atoms with E-state index in [1.807, 2.05) is 31.2 Å². The van der Waals surface area contributed by atoms with E-state index in [0.29, 0.717) is 6.42 Å². The summed E-state index contributed by atoms with van der Waals surface area (Å²) in [5.74, 6) is -1.23. The van der Waals surface area contributed by atoms with Gasteiger partial charge < -0.3 is 10.0 Å². The van der Waals surface area contributed by atoms with Gasteiger partial charge in [0, 0.05) is 18.2 Å². The van der Waals surface area contributed by atoms with Crippen LogP contribution in [0, 0.1) is 12.8 Å². The quantitative estimate of drug-likeness (QED) is 0.868. The Kier molecular flexibility index (Phi) is 3.53. The van der Waals surface area contributed by atoms with Gasteiger partial charge in [0.2, 0.25) is 5.91 Å². The van der Waals surface area contributed by atoms with Gasteiger partial charge in [-0.1, -0.05) is 29.8 Å². The number of rotatable bonds is 3. The second-order valence-corrected chi connectivity index (χ2v) is 5.97. The maximum Gasteiger partial charge on any atom is 0.308 e. The highest BCUT2D eigenvalue weighted by Gasteiger charge is 2.50. The molecule has 1 aromatic rings. The number of benzene rings is 1. The first-order valence-corrected chi connectivity index (χ1v) is 7.36. The van der Waals surface area contributed by atoms with Gasteiger partial charge >= 0.3 is 5.97 Å². The lowest BCUT2D eigenvalue weighted by Gasteiger charge is -2.21. The van der Waals surface area contributed by atoms with Gasteiger partial charge in [0.15, 0.2) is 0 Å². The van der Waals surface area contributed by atoms with Gasteiger partial charge in [-0.05, 0) is 37.8 Å². The smallest absolute Gasteiger partial charge is 0.308 e. The minimum atomic E-state index is -0.775. The molecule has 0 saturated carbocycles. The fourth-order valence-corrected chi connectivity index (χ4v) is 3.53. The highest BCUT2D eigenvalue weighted by molar-refractivity contribution is 5.93. The molecule has 0 aliphatic carbocycles. The molecule has 1 amide bonds. The molecular formula is C17H19NO3. The third kappa shape index (κ3) is 2.58. The van der Waals surface area contributed by atoms with Crippen molar-refractivity contribution < 1.29 is 14.7 Å². The minimum Gasteiger partial charge on any atom is -0.481 e. The Balaban J connectivity index is 1.71. The summed E-state index contributed by atoms with van der Waals surface area (Å²) < 4.78 is 0. The summed E-state index contributed by atoms with van der Waals surface area (Å²) in [6.07, 6.45) is 5.71. The summed E-state index contributed by atoms with van der Waals surface area (Å²) in [6, 6.07) is 7.93. The summed E-state index contributed by atoms with van der Waals surface area (Å²) in [6.45, 7) is 2.02. The minimum absolute atomic E-state index is 0.0631. The van der Waals surface area contributed by atoms with Gasteiger partial charge in [0.25, 0.3) is 0 Å². The Morgan fingerprint density at radius 2 is 1.95 bits per heavy atom. The van der Waals surface area contributed by atoms with E-state index in [-0.39, 0.29) is 23.9 Å². The van der Waals surface area contributed by atoms with Gasteiger partial charge in [0.1, 0.15) is 0 Å². The molecule has 3 atom stereocenters. The van der Waals surface area contributed by atoms with Crippen molar-refractivity contribution in [2.45, 2.75) is 38.3 Å².